The van der Waals surface area contributed by atoms with E-state index in [4.69, 9.17) is 21.5 Å². The lowest BCUT2D eigenvalue weighted by Crippen LogP contribution is -2.14. The van der Waals surface area contributed by atoms with Crippen LogP contribution in [0.15, 0.2) is 23.1 Å². The van der Waals surface area contributed by atoms with Crippen molar-refractivity contribution in [2.45, 2.75) is 17.7 Å². The molecule has 18 heavy (non-hydrogen) atoms. The van der Waals surface area contributed by atoms with Gasteiger partial charge < -0.3 is 4.74 Å². The number of hydrogen-bond acceptors (Lipinski definition) is 4. The standard InChI is InChI=1S/C11H12ClNO4S/c12-9-4-3-8(5-10(9)18(13,15)16)11(14)17-6-7-1-2-7/h3-5,7H,1-2,6H2,(H2,13,15,16). The van der Waals surface area contributed by atoms with Crippen LogP contribution in [0.5, 0.6) is 0 Å². The van der Waals surface area contributed by atoms with E-state index < -0.39 is 16.0 Å². The van der Waals surface area contributed by atoms with E-state index in [1.54, 1.807) is 0 Å². The number of nitrogens with two attached hydrogens (primary N) is 1. The van der Waals surface area contributed by atoms with E-state index in [1.807, 2.05) is 0 Å². The van der Waals surface area contributed by atoms with Crippen molar-refractivity contribution >= 4 is 27.6 Å². The predicted molar refractivity (Wildman–Crippen MR) is 65.8 cm³/mol. The van der Waals surface area contributed by atoms with Crippen LogP contribution in [0.2, 0.25) is 5.02 Å². The topological polar surface area (TPSA) is 86.5 Å². The van der Waals surface area contributed by atoms with Gasteiger partial charge in [0.25, 0.3) is 0 Å². The number of sulfonamides is 1. The van der Waals surface area contributed by atoms with Gasteiger partial charge in [0.15, 0.2) is 0 Å². The van der Waals surface area contributed by atoms with Crippen molar-refractivity contribution in [3.8, 4) is 0 Å². The summed E-state index contributed by atoms with van der Waals surface area (Å²) in [5, 5.41) is 4.98. The Morgan fingerprint density at radius 3 is 2.67 bits per heavy atom. The van der Waals surface area contributed by atoms with Gasteiger partial charge in [0, 0.05) is 0 Å². The first-order valence-electron chi connectivity index (χ1n) is 5.37. The van der Waals surface area contributed by atoms with Crippen molar-refractivity contribution in [2.24, 2.45) is 11.1 Å². The third-order valence-corrected chi connectivity index (χ3v) is 4.01. The SMILES string of the molecule is NS(=O)(=O)c1cc(C(=O)OCC2CC2)ccc1Cl. The molecule has 7 heteroatoms. The number of benzene rings is 1. The number of hydrogen-bond donors (Lipinski definition) is 1. The first-order valence-corrected chi connectivity index (χ1v) is 7.30. The van der Waals surface area contributed by atoms with Gasteiger partial charge in [0.05, 0.1) is 17.2 Å². The summed E-state index contributed by atoms with van der Waals surface area (Å²) in [6.07, 6.45) is 2.13. The second-order valence-corrected chi connectivity index (χ2v) is 6.17. The van der Waals surface area contributed by atoms with E-state index in [0.29, 0.717) is 12.5 Å². The molecule has 0 heterocycles. The minimum Gasteiger partial charge on any atom is -0.462 e. The second kappa shape index (κ2) is 4.87. The molecular formula is C11H12ClNO4S. The number of esters is 1. The quantitative estimate of drug-likeness (QED) is 0.852. The van der Waals surface area contributed by atoms with Crippen molar-refractivity contribution in [1.29, 1.82) is 0 Å². The molecule has 0 spiro atoms. The smallest absolute Gasteiger partial charge is 0.338 e. The van der Waals surface area contributed by atoms with Crippen LogP contribution < -0.4 is 5.14 Å². The van der Waals surface area contributed by atoms with E-state index in [0.717, 1.165) is 18.9 Å². The minimum absolute atomic E-state index is 0.0174. The van der Waals surface area contributed by atoms with Gasteiger partial charge in [-0.1, -0.05) is 11.6 Å². The molecule has 1 fully saturated rings. The zero-order valence-corrected chi connectivity index (χ0v) is 11.0. The fraction of sp³-hybridized carbons (Fsp3) is 0.364. The summed E-state index contributed by atoms with van der Waals surface area (Å²) in [6, 6.07) is 3.86. The molecule has 0 unspecified atom stereocenters. The van der Waals surface area contributed by atoms with Crippen LogP contribution in [-0.2, 0) is 14.8 Å². The van der Waals surface area contributed by atoms with Crippen LogP contribution in [0.25, 0.3) is 0 Å². The van der Waals surface area contributed by atoms with Crippen molar-refractivity contribution in [3.05, 3.63) is 28.8 Å². The molecular weight excluding hydrogens is 278 g/mol. The molecule has 0 saturated heterocycles. The summed E-state index contributed by atoms with van der Waals surface area (Å²) in [5.41, 5.74) is 0.129. The van der Waals surface area contributed by atoms with Crippen LogP contribution in [-0.4, -0.2) is 21.0 Å². The van der Waals surface area contributed by atoms with Gasteiger partial charge >= 0.3 is 5.97 Å². The Balaban J connectivity index is 2.20. The Labute approximate surface area is 110 Å². The van der Waals surface area contributed by atoms with Gasteiger partial charge in [-0.15, -0.1) is 0 Å². The molecule has 98 valence electrons. The Bertz CT molecular complexity index is 581. The van der Waals surface area contributed by atoms with Crippen molar-refractivity contribution in [1.82, 2.24) is 0 Å². The van der Waals surface area contributed by atoms with Gasteiger partial charge in [-0.25, -0.2) is 18.4 Å². The van der Waals surface area contributed by atoms with Gasteiger partial charge in [-0.2, -0.15) is 0 Å². The average Bonchev–Trinajstić information content (AvgIpc) is 3.08. The summed E-state index contributed by atoms with van der Waals surface area (Å²) < 4.78 is 27.5. The Kier molecular flexibility index (Phi) is 3.61. The summed E-state index contributed by atoms with van der Waals surface area (Å²) in [6.45, 7) is 0.367. The first kappa shape index (κ1) is 13.3. The zero-order valence-electron chi connectivity index (χ0n) is 9.43. The highest BCUT2D eigenvalue weighted by Crippen LogP contribution is 2.29. The lowest BCUT2D eigenvalue weighted by molar-refractivity contribution is 0.0486. The molecule has 0 amide bonds. The third-order valence-electron chi connectivity index (χ3n) is 2.62. The molecule has 1 saturated carbocycles. The number of ether oxygens (including phenoxy) is 1. The summed E-state index contributed by atoms with van der Waals surface area (Å²) in [5.74, 6) is -0.123. The normalized spacial score (nSPS) is 15.4. The predicted octanol–water partition coefficient (Wildman–Crippen LogP) is 1.55. The van der Waals surface area contributed by atoms with Gasteiger partial charge in [0.1, 0.15) is 4.90 Å². The zero-order chi connectivity index (χ0) is 13.3. The van der Waals surface area contributed by atoms with E-state index >= 15 is 0 Å². The van der Waals surface area contributed by atoms with E-state index in [1.165, 1.54) is 12.1 Å². The minimum atomic E-state index is -3.95. The van der Waals surface area contributed by atoms with E-state index in [9.17, 15) is 13.2 Å². The molecule has 2 N–H and O–H groups in total. The van der Waals surface area contributed by atoms with E-state index in [2.05, 4.69) is 0 Å². The number of carbonyl (C=O) groups is 1. The molecule has 0 bridgehead atoms. The molecule has 0 atom stereocenters. The molecule has 5 nitrogen and oxygen atoms in total. The molecule has 0 aromatic heterocycles. The Morgan fingerprint density at radius 2 is 2.11 bits per heavy atom. The third kappa shape index (κ3) is 3.22. The lowest BCUT2D eigenvalue weighted by Gasteiger charge is -2.06. The maximum absolute atomic E-state index is 11.7. The largest absolute Gasteiger partial charge is 0.462 e. The molecule has 1 aromatic carbocycles. The van der Waals surface area contributed by atoms with Crippen LogP contribution >= 0.6 is 11.6 Å². The highest BCUT2D eigenvalue weighted by molar-refractivity contribution is 7.89. The maximum atomic E-state index is 11.7. The fourth-order valence-electron chi connectivity index (χ4n) is 1.41. The summed E-state index contributed by atoms with van der Waals surface area (Å²) >= 11 is 5.71. The monoisotopic (exact) mass is 289 g/mol. The van der Waals surface area contributed by atoms with Gasteiger partial charge in [-0.3, -0.25) is 0 Å². The molecule has 0 aliphatic heterocycles. The van der Waals surface area contributed by atoms with Crippen LogP contribution in [0.3, 0.4) is 0 Å². The highest BCUT2D eigenvalue weighted by Gasteiger charge is 2.24. The lowest BCUT2D eigenvalue weighted by atomic mass is 10.2. The van der Waals surface area contributed by atoms with Crippen LogP contribution in [0, 0.1) is 5.92 Å². The molecule has 1 aromatic rings. The van der Waals surface area contributed by atoms with Crippen molar-refractivity contribution < 1.29 is 17.9 Å². The average molecular weight is 290 g/mol. The first-order chi connectivity index (χ1) is 8.38. The van der Waals surface area contributed by atoms with Crippen molar-refractivity contribution in [2.75, 3.05) is 6.61 Å². The van der Waals surface area contributed by atoms with Crippen molar-refractivity contribution in [3.63, 3.8) is 0 Å². The highest BCUT2D eigenvalue weighted by atomic mass is 35.5. The summed E-state index contributed by atoms with van der Waals surface area (Å²) in [4.78, 5) is 11.4. The molecule has 2 rings (SSSR count). The maximum Gasteiger partial charge on any atom is 0.338 e. The molecule has 1 aliphatic rings. The van der Waals surface area contributed by atoms with Gasteiger partial charge in [0.2, 0.25) is 10.0 Å². The van der Waals surface area contributed by atoms with Crippen LogP contribution in [0.4, 0.5) is 0 Å². The fourth-order valence-corrected chi connectivity index (χ4v) is 2.48. The van der Waals surface area contributed by atoms with Gasteiger partial charge in [-0.05, 0) is 37.0 Å². The molecule has 1 aliphatic carbocycles. The number of rotatable bonds is 4. The number of carbonyl (C=O) groups excluding carboxylic acids is 1. The number of primary sulfonamides is 1. The molecule has 0 radical (unpaired) electrons. The van der Waals surface area contributed by atoms with E-state index in [-0.39, 0.29) is 15.5 Å². The second-order valence-electron chi connectivity index (χ2n) is 4.23. The Morgan fingerprint density at radius 1 is 1.44 bits per heavy atom. The summed E-state index contributed by atoms with van der Waals surface area (Å²) in [7, 11) is -3.95. The Hall–Kier alpha value is -1.11. The number of halogens is 1. The van der Waals surface area contributed by atoms with Crippen LogP contribution in [0.1, 0.15) is 23.2 Å².